The van der Waals surface area contributed by atoms with E-state index in [1.54, 1.807) is 42.5 Å². The summed E-state index contributed by atoms with van der Waals surface area (Å²) in [7, 11) is 0. The van der Waals surface area contributed by atoms with Gasteiger partial charge in [0.1, 0.15) is 18.5 Å². The quantitative estimate of drug-likeness (QED) is 0.520. The van der Waals surface area contributed by atoms with Gasteiger partial charge in [-0.05, 0) is 36.4 Å². The molecule has 3 aromatic rings. The summed E-state index contributed by atoms with van der Waals surface area (Å²) in [4.78, 5) is 16.7. The number of allylic oxidation sites excluding steroid dienone is 1. The van der Waals surface area contributed by atoms with Crippen molar-refractivity contribution < 1.29 is 9.18 Å². The fourth-order valence-electron chi connectivity index (χ4n) is 2.24. The molecule has 0 radical (unpaired) electrons. The molecule has 0 bridgehead atoms. The highest BCUT2D eigenvalue weighted by Crippen LogP contribution is 2.18. The summed E-state index contributed by atoms with van der Waals surface area (Å²) in [5, 5.41) is 4.55. The van der Waals surface area contributed by atoms with E-state index < -0.39 is 5.82 Å². The Morgan fingerprint density at radius 1 is 1.17 bits per heavy atom. The number of ketones is 1. The molecule has 120 valence electrons. The lowest BCUT2D eigenvalue weighted by molar-refractivity contribution is 0.103. The van der Waals surface area contributed by atoms with Crippen LogP contribution < -0.4 is 0 Å². The topological polar surface area (TPSA) is 47.8 Å². The zero-order valence-electron chi connectivity index (χ0n) is 12.6. The van der Waals surface area contributed by atoms with Gasteiger partial charge >= 0.3 is 0 Å². The molecule has 3 rings (SSSR count). The highest BCUT2D eigenvalue weighted by atomic mass is 35.5. The normalized spacial score (nSPS) is 11.5. The second-order valence-electron chi connectivity index (χ2n) is 5.12. The van der Waals surface area contributed by atoms with Crippen molar-refractivity contribution in [2.24, 2.45) is 0 Å². The molecule has 6 heteroatoms. The van der Waals surface area contributed by atoms with Crippen molar-refractivity contribution in [1.29, 1.82) is 0 Å². The number of hydrogen-bond donors (Lipinski definition) is 0. The minimum atomic E-state index is -0.391. The van der Waals surface area contributed by atoms with Gasteiger partial charge in [-0.25, -0.2) is 14.1 Å². The van der Waals surface area contributed by atoms with E-state index in [-0.39, 0.29) is 12.3 Å². The predicted molar refractivity (Wildman–Crippen MR) is 90.2 cm³/mol. The molecule has 0 unspecified atom stereocenters. The number of carbonyl (C=O) groups is 1. The zero-order valence-corrected chi connectivity index (χ0v) is 13.3. The number of hydrogen-bond acceptors (Lipinski definition) is 3. The van der Waals surface area contributed by atoms with Gasteiger partial charge in [-0.15, -0.1) is 0 Å². The zero-order chi connectivity index (χ0) is 16.9. The smallest absolute Gasteiger partial charge is 0.190 e. The third-order valence-corrected chi connectivity index (χ3v) is 3.68. The Morgan fingerprint density at radius 2 is 1.92 bits per heavy atom. The first-order valence-corrected chi connectivity index (χ1v) is 7.59. The lowest BCUT2D eigenvalue weighted by atomic mass is 10.0. The van der Waals surface area contributed by atoms with Crippen molar-refractivity contribution in [2.45, 2.75) is 6.54 Å². The van der Waals surface area contributed by atoms with Crippen LogP contribution in [0.3, 0.4) is 0 Å². The number of aromatic nitrogens is 3. The van der Waals surface area contributed by atoms with Gasteiger partial charge < -0.3 is 0 Å². The van der Waals surface area contributed by atoms with E-state index >= 15 is 0 Å². The predicted octanol–water partition coefficient (Wildman–Crippen LogP) is 4.04. The number of carbonyl (C=O) groups excluding carboxylic acids is 1. The van der Waals surface area contributed by atoms with Gasteiger partial charge in [-0.1, -0.05) is 29.8 Å². The Balaban J connectivity index is 2.00. The molecule has 4 nitrogen and oxygen atoms in total. The van der Waals surface area contributed by atoms with E-state index in [2.05, 4.69) is 10.1 Å². The second kappa shape index (κ2) is 7.19. The molecule has 0 saturated heterocycles. The number of halogens is 2. The highest BCUT2D eigenvalue weighted by Gasteiger charge is 2.14. The average Bonchev–Trinajstić information content (AvgIpc) is 3.09. The van der Waals surface area contributed by atoms with Crippen molar-refractivity contribution in [1.82, 2.24) is 14.8 Å². The molecule has 0 fully saturated rings. The van der Waals surface area contributed by atoms with Gasteiger partial charge in [0, 0.05) is 21.7 Å². The SMILES string of the molecule is O=C(/C(=C/c1ccccc1F)Cn1cncn1)c1ccc(Cl)cc1. The summed E-state index contributed by atoms with van der Waals surface area (Å²) in [6.45, 7) is 0.190. The highest BCUT2D eigenvalue weighted by molar-refractivity contribution is 6.30. The summed E-state index contributed by atoms with van der Waals surface area (Å²) < 4.78 is 15.5. The van der Waals surface area contributed by atoms with Gasteiger partial charge in [-0.2, -0.15) is 5.10 Å². The van der Waals surface area contributed by atoms with Gasteiger partial charge in [0.05, 0.1) is 6.54 Å². The van der Waals surface area contributed by atoms with Crippen LogP contribution in [0, 0.1) is 5.82 Å². The molecule has 0 atom stereocenters. The third kappa shape index (κ3) is 3.75. The van der Waals surface area contributed by atoms with E-state index in [4.69, 9.17) is 11.6 Å². The molecule has 1 heterocycles. The van der Waals surface area contributed by atoms with Crippen LogP contribution >= 0.6 is 11.6 Å². The fourth-order valence-corrected chi connectivity index (χ4v) is 2.36. The van der Waals surface area contributed by atoms with E-state index in [1.165, 1.54) is 29.5 Å². The standard InChI is InChI=1S/C18H13ClFN3O/c19-16-7-5-13(6-8-16)18(24)15(10-23-12-21-11-22-23)9-14-3-1-2-4-17(14)20/h1-9,11-12H,10H2/b15-9+. The van der Waals surface area contributed by atoms with Crippen LogP contribution in [0.1, 0.15) is 15.9 Å². The number of rotatable bonds is 5. The van der Waals surface area contributed by atoms with Crippen molar-refractivity contribution >= 4 is 23.5 Å². The molecular weight excluding hydrogens is 329 g/mol. The first-order chi connectivity index (χ1) is 11.6. The minimum absolute atomic E-state index is 0.190. The van der Waals surface area contributed by atoms with Crippen LogP contribution in [-0.2, 0) is 6.54 Å². The maximum Gasteiger partial charge on any atom is 0.190 e. The van der Waals surface area contributed by atoms with Gasteiger partial charge in [0.2, 0.25) is 0 Å². The van der Waals surface area contributed by atoms with Crippen molar-refractivity contribution in [3.05, 3.63) is 88.7 Å². The van der Waals surface area contributed by atoms with Crippen LogP contribution in [0.5, 0.6) is 0 Å². The van der Waals surface area contributed by atoms with Gasteiger partial charge in [-0.3, -0.25) is 4.79 Å². The molecule has 2 aromatic carbocycles. The number of nitrogens with zero attached hydrogens (tertiary/aromatic N) is 3. The molecular formula is C18H13ClFN3O. The fraction of sp³-hybridized carbons (Fsp3) is 0.0556. The Bertz CT molecular complexity index is 874. The molecule has 0 aliphatic carbocycles. The maximum absolute atomic E-state index is 13.9. The molecule has 0 aliphatic heterocycles. The van der Waals surface area contributed by atoms with Crippen LogP contribution in [0.25, 0.3) is 6.08 Å². The van der Waals surface area contributed by atoms with E-state index in [9.17, 15) is 9.18 Å². The minimum Gasteiger partial charge on any atom is -0.289 e. The van der Waals surface area contributed by atoms with Crippen molar-refractivity contribution in [3.63, 3.8) is 0 Å². The molecule has 0 saturated carbocycles. The summed E-state index contributed by atoms with van der Waals surface area (Å²) >= 11 is 5.86. The maximum atomic E-state index is 13.9. The van der Waals surface area contributed by atoms with Gasteiger partial charge in [0.25, 0.3) is 0 Å². The summed E-state index contributed by atoms with van der Waals surface area (Å²) in [5.41, 5.74) is 1.21. The molecule has 0 aliphatic rings. The van der Waals surface area contributed by atoms with Crippen molar-refractivity contribution in [3.8, 4) is 0 Å². The summed E-state index contributed by atoms with van der Waals surface area (Å²) in [6.07, 6.45) is 4.42. The molecule has 0 amide bonds. The first-order valence-electron chi connectivity index (χ1n) is 7.21. The number of Topliss-reactive ketones (excluding diaryl/α,β-unsaturated/α-hetero) is 1. The Morgan fingerprint density at radius 3 is 2.58 bits per heavy atom. The van der Waals surface area contributed by atoms with Crippen molar-refractivity contribution in [2.75, 3.05) is 0 Å². The molecule has 24 heavy (non-hydrogen) atoms. The van der Waals surface area contributed by atoms with E-state index in [0.717, 1.165) is 0 Å². The molecule has 1 aromatic heterocycles. The lowest BCUT2D eigenvalue weighted by Gasteiger charge is -2.08. The van der Waals surface area contributed by atoms with Crippen LogP contribution in [0.4, 0.5) is 4.39 Å². The van der Waals surface area contributed by atoms with Crippen LogP contribution in [-0.4, -0.2) is 20.5 Å². The Kier molecular flexibility index (Phi) is 4.82. The van der Waals surface area contributed by atoms with Gasteiger partial charge in [0.15, 0.2) is 5.78 Å². The van der Waals surface area contributed by atoms with Crippen LogP contribution in [0.15, 0.2) is 66.8 Å². The van der Waals surface area contributed by atoms with Crippen LogP contribution in [0.2, 0.25) is 5.02 Å². The Labute approximate surface area is 143 Å². The molecule has 0 spiro atoms. The first kappa shape index (κ1) is 16.1. The monoisotopic (exact) mass is 341 g/mol. The van der Waals surface area contributed by atoms with E-state index in [0.29, 0.717) is 21.7 Å². The molecule has 0 N–H and O–H groups in total. The largest absolute Gasteiger partial charge is 0.289 e. The summed E-state index contributed by atoms with van der Waals surface area (Å²) in [5.74, 6) is -0.608. The lowest BCUT2D eigenvalue weighted by Crippen LogP contribution is -2.11. The third-order valence-electron chi connectivity index (χ3n) is 3.43. The Hall–Kier alpha value is -2.79. The van der Waals surface area contributed by atoms with E-state index in [1.807, 2.05) is 0 Å². The summed E-state index contributed by atoms with van der Waals surface area (Å²) in [6, 6.07) is 12.9. The second-order valence-corrected chi connectivity index (χ2v) is 5.56. The number of benzene rings is 2. The average molecular weight is 342 g/mol.